The van der Waals surface area contributed by atoms with Crippen molar-refractivity contribution in [2.75, 3.05) is 6.54 Å². The molecule has 0 radical (unpaired) electrons. The van der Waals surface area contributed by atoms with Gasteiger partial charge in [-0.05, 0) is 38.0 Å². The Balaban J connectivity index is 1.70. The van der Waals surface area contributed by atoms with Gasteiger partial charge in [0.25, 0.3) is 0 Å². The van der Waals surface area contributed by atoms with Gasteiger partial charge in [0.05, 0.1) is 0 Å². The third-order valence-electron chi connectivity index (χ3n) is 3.60. The van der Waals surface area contributed by atoms with Crippen molar-refractivity contribution in [1.29, 1.82) is 0 Å². The quantitative estimate of drug-likeness (QED) is 0.436. The van der Waals surface area contributed by atoms with Crippen molar-refractivity contribution >= 4 is 5.96 Å². The predicted molar refractivity (Wildman–Crippen MR) is 68.4 cm³/mol. The van der Waals surface area contributed by atoms with E-state index >= 15 is 0 Å². The van der Waals surface area contributed by atoms with Crippen molar-refractivity contribution in [3.05, 3.63) is 12.2 Å². The lowest BCUT2D eigenvalue weighted by Gasteiger charge is -2.17. The summed E-state index contributed by atoms with van der Waals surface area (Å²) in [6, 6.07) is 0.579. The minimum absolute atomic E-state index is 0.579. The van der Waals surface area contributed by atoms with Gasteiger partial charge in [0.1, 0.15) is 0 Å². The highest BCUT2D eigenvalue weighted by atomic mass is 15.1. The molecule has 0 aromatic rings. The third-order valence-corrected chi connectivity index (χ3v) is 3.60. The van der Waals surface area contributed by atoms with E-state index in [1.54, 1.807) is 0 Å². The second-order valence-corrected chi connectivity index (χ2v) is 5.00. The Labute approximate surface area is 98.2 Å². The van der Waals surface area contributed by atoms with Gasteiger partial charge in [-0.1, -0.05) is 25.0 Å². The zero-order valence-corrected chi connectivity index (χ0v) is 9.99. The number of nitrogens with zero attached hydrogens (tertiary/aromatic N) is 1. The lowest BCUT2D eigenvalue weighted by atomic mass is 9.95. The van der Waals surface area contributed by atoms with Crippen LogP contribution in [0.1, 0.15) is 44.9 Å². The van der Waals surface area contributed by atoms with E-state index in [1.165, 1.54) is 44.9 Å². The number of rotatable bonds is 3. The van der Waals surface area contributed by atoms with Gasteiger partial charge in [0.15, 0.2) is 5.96 Å². The summed E-state index contributed by atoms with van der Waals surface area (Å²) >= 11 is 0. The van der Waals surface area contributed by atoms with E-state index < -0.39 is 0 Å². The van der Waals surface area contributed by atoms with Crippen LogP contribution in [0.2, 0.25) is 0 Å². The van der Waals surface area contributed by atoms with E-state index in [9.17, 15) is 0 Å². The number of allylic oxidation sites excluding steroid dienone is 2. The summed E-state index contributed by atoms with van der Waals surface area (Å²) < 4.78 is 0. The van der Waals surface area contributed by atoms with E-state index in [2.05, 4.69) is 22.5 Å². The maximum Gasteiger partial charge on any atom is 0.188 e. The summed E-state index contributed by atoms with van der Waals surface area (Å²) in [5, 5.41) is 3.33. The molecule has 0 aromatic heterocycles. The first-order valence-corrected chi connectivity index (χ1v) is 6.56. The van der Waals surface area contributed by atoms with Gasteiger partial charge in [-0.25, -0.2) is 0 Å². The molecule has 0 amide bonds. The van der Waals surface area contributed by atoms with Gasteiger partial charge in [0.2, 0.25) is 0 Å². The van der Waals surface area contributed by atoms with Crippen molar-refractivity contribution in [3.63, 3.8) is 0 Å². The fourth-order valence-corrected chi connectivity index (χ4v) is 2.57. The summed E-state index contributed by atoms with van der Waals surface area (Å²) in [5.74, 6) is 1.36. The number of nitrogens with one attached hydrogen (secondary N) is 1. The van der Waals surface area contributed by atoms with E-state index in [-0.39, 0.29) is 0 Å². The Hall–Kier alpha value is -0.990. The highest BCUT2D eigenvalue weighted by Gasteiger charge is 2.15. The standard InChI is InChI=1S/C13H23N3/c14-13(16-12-8-4-5-9-12)15-10-11-6-2-1-3-7-11/h1-2,11-12H,3-10H2,(H3,14,15,16). The third kappa shape index (κ3) is 3.54. The molecule has 3 nitrogen and oxygen atoms in total. The first-order chi connectivity index (χ1) is 7.84. The molecule has 0 spiro atoms. The summed E-state index contributed by atoms with van der Waals surface area (Å²) in [6.07, 6.45) is 13.3. The smallest absolute Gasteiger partial charge is 0.188 e. The number of hydrogen-bond donors (Lipinski definition) is 2. The summed E-state index contributed by atoms with van der Waals surface area (Å²) in [7, 11) is 0. The van der Waals surface area contributed by atoms with E-state index in [0.717, 1.165) is 6.54 Å². The zero-order valence-electron chi connectivity index (χ0n) is 9.99. The fourth-order valence-electron chi connectivity index (χ4n) is 2.57. The molecular formula is C13H23N3. The zero-order chi connectivity index (χ0) is 11.2. The van der Waals surface area contributed by atoms with E-state index in [1.807, 2.05) is 0 Å². The molecule has 0 aliphatic heterocycles. The number of hydrogen-bond acceptors (Lipinski definition) is 1. The molecule has 3 heteroatoms. The highest BCUT2D eigenvalue weighted by molar-refractivity contribution is 5.78. The predicted octanol–water partition coefficient (Wildman–Crippen LogP) is 2.19. The number of aliphatic imine (C=N–C) groups is 1. The minimum Gasteiger partial charge on any atom is -0.370 e. The van der Waals surface area contributed by atoms with Gasteiger partial charge in [-0.2, -0.15) is 0 Å². The lowest BCUT2D eigenvalue weighted by Crippen LogP contribution is -2.38. The second-order valence-electron chi connectivity index (χ2n) is 5.00. The Bertz CT molecular complexity index is 264. The van der Waals surface area contributed by atoms with Crippen LogP contribution in [0.15, 0.2) is 17.1 Å². The van der Waals surface area contributed by atoms with Crippen LogP contribution in [0, 0.1) is 5.92 Å². The summed E-state index contributed by atoms with van der Waals surface area (Å²) in [4.78, 5) is 4.46. The van der Waals surface area contributed by atoms with Gasteiger partial charge in [-0.15, -0.1) is 0 Å². The molecule has 1 unspecified atom stereocenters. The maximum absolute atomic E-state index is 5.89. The van der Waals surface area contributed by atoms with Crippen molar-refractivity contribution in [1.82, 2.24) is 5.32 Å². The number of guanidine groups is 1. The Morgan fingerprint density at radius 2 is 2.06 bits per heavy atom. The monoisotopic (exact) mass is 221 g/mol. The van der Waals surface area contributed by atoms with Crippen molar-refractivity contribution < 1.29 is 0 Å². The van der Waals surface area contributed by atoms with Crippen LogP contribution in [0.3, 0.4) is 0 Å². The maximum atomic E-state index is 5.89. The highest BCUT2D eigenvalue weighted by Crippen LogP contribution is 2.19. The molecule has 0 bridgehead atoms. The molecule has 2 aliphatic carbocycles. The fraction of sp³-hybridized carbons (Fsp3) is 0.769. The molecule has 0 aromatic carbocycles. The number of nitrogens with two attached hydrogens (primary N) is 1. The lowest BCUT2D eigenvalue weighted by molar-refractivity contribution is 0.490. The molecule has 3 N–H and O–H groups in total. The van der Waals surface area contributed by atoms with Crippen LogP contribution in [0.5, 0.6) is 0 Å². The summed E-state index contributed by atoms with van der Waals surface area (Å²) in [6.45, 7) is 0.885. The average molecular weight is 221 g/mol. The minimum atomic E-state index is 0.579. The summed E-state index contributed by atoms with van der Waals surface area (Å²) in [5.41, 5.74) is 5.89. The first-order valence-electron chi connectivity index (χ1n) is 6.56. The molecule has 2 rings (SSSR count). The Morgan fingerprint density at radius 1 is 1.25 bits per heavy atom. The molecule has 0 saturated heterocycles. The van der Waals surface area contributed by atoms with Crippen molar-refractivity contribution in [2.45, 2.75) is 51.0 Å². The Kier molecular flexibility index (Phi) is 4.25. The second kappa shape index (κ2) is 5.92. The molecule has 16 heavy (non-hydrogen) atoms. The molecule has 1 saturated carbocycles. The van der Waals surface area contributed by atoms with Crippen LogP contribution in [-0.4, -0.2) is 18.5 Å². The van der Waals surface area contributed by atoms with Crippen LogP contribution in [0.25, 0.3) is 0 Å². The van der Waals surface area contributed by atoms with Crippen LogP contribution >= 0.6 is 0 Å². The topological polar surface area (TPSA) is 50.4 Å². The van der Waals surface area contributed by atoms with Gasteiger partial charge < -0.3 is 11.1 Å². The van der Waals surface area contributed by atoms with E-state index in [4.69, 9.17) is 5.73 Å². The van der Waals surface area contributed by atoms with E-state index in [0.29, 0.717) is 17.9 Å². The largest absolute Gasteiger partial charge is 0.370 e. The molecular weight excluding hydrogens is 198 g/mol. The molecule has 0 heterocycles. The van der Waals surface area contributed by atoms with Crippen LogP contribution in [-0.2, 0) is 0 Å². The van der Waals surface area contributed by atoms with Crippen LogP contribution < -0.4 is 11.1 Å². The van der Waals surface area contributed by atoms with Crippen LogP contribution in [0.4, 0.5) is 0 Å². The van der Waals surface area contributed by atoms with Crippen molar-refractivity contribution in [2.24, 2.45) is 16.6 Å². The SMILES string of the molecule is NC(=NCC1CC=CCC1)NC1CCCC1. The average Bonchev–Trinajstić information content (AvgIpc) is 2.81. The van der Waals surface area contributed by atoms with Gasteiger partial charge in [-0.3, -0.25) is 4.99 Å². The van der Waals surface area contributed by atoms with Crippen molar-refractivity contribution in [3.8, 4) is 0 Å². The molecule has 1 fully saturated rings. The Morgan fingerprint density at radius 3 is 2.75 bits per heavy atom. The normalized spacial score (nSPS) is 27.2. The van der Waals surface area contributed by atoms with Gasteiger partial charge in [0, 0.05) is 12.6 Å². The molecule has 2 aliphatic rings. The molecule has 90 valence electrons. The molecule has 1 atom stereocenters. The first kappa shape index (κ1) is 11.5. The van der Waals surface area contributed by atoms with Gasteiger partial charge >= 0.3 is 0 Å².